The Bertz CT molecular complexity index is 777. The van der Waals surface area contributed by atoms with Crippen molar-refractivity contribution in [3.05, 3.63) is 69.3 Å². The highest BCUT2D eigenvalue weighted by Crippen LogP contribution is 2.49. The van der Waals surface area contributed by atoms with Gasteiger partial charge >= 0.3 is 0 Å². The Morgan fingerprint density at radius 2 is 1.78 bits per heavy atom. The molecule has 0 aliphatic heterocycles. The van der Waals surface area contributed by atoms with Crippen LogP contribution in [0.5, 0.6) is 0 Å². The molecule has 0 aromatic heterocycles. The number of benzene rings is 2. The van der Waals surface area contributed by atoms with E-state index >= 15 is 0 Å². The highest BCUT2D eigenvalue weighted by Gasteiger charge is 2.51. The van der Waals surface area contributed by atoms with Crippen LogP contribution in [0.25, 0.3) is 0 Å². The van der Waals surface area contributed by atoms with Crippen molar-refractivity contribution in [3.8, 4) is 0 Å². The molecule has 0 radical (unpaired) electrons. The van der Waals surface area contributed by atoms with Gasteiger partial charge in [-0.3, -0.25) is 14.9 Å². The minimum absolute atomic E-state index is 0.0411. The van der Waals surface area contributed by atoms with Crippen molar-refractivity contribution in [2.75, 3.05) is 5.32 Å². The van der Waals surface area contributed by atoms with Crippen molar-refractivity contribution in [2.24, 2.45) is 0 Å². The molecular weight excluding hydrogens is 292 g/mol. The van der Waals surface area contributed by atoms with Gasteiger partial charge in [0.25, 0.3) is 5.69 Å². The van der Waals surface area contributed by atoms with Gasteiger partial charge in [0.15, 0.2) is 0 Å². The molecule has 5 heteroatoms. The molecule has 5 nitrogen and oxygen atoms in total. The van der Waals surface area contributed by atoms with E-state index in [0.29, 0.717) is 0 Å². The number of hydrogen-bond acceptors (Lipinski definition) is 3. The summed E-state index contributed by atoms with van der Waals surface area (Å²) in [6.45, 7) is 3.98. The van der Waals surface area contributed by atoms with Gasteiger partial charge in [0.05, 0.1) is 10.3 Å². The van der Waals surface area contributed by atoms with E-state index < -0.39 is 10.3 Å². The summed E-state index contributed by atoms with van der Waals surface area (Å²) in [5.74, 6) is -0.0432. The van der Waals surface area contributed by atoms with Gasteiger partial charge in [-0.1, -0.05) is 29.8 Å². The predicted octanol–water partition coefficient (Wildman–Crippen LogP) is 3.88. The zero-order valence-corrected chi connectivity index (χ0v) is 13.1. The molecule has 0 bridgehead atoms. The van der Waals surface area contributed by atoms with Crippen LogP contribution in [0.4, 0.5) is 11.4 Å². The van der Waals surface area contributed by atoms with Crippen molar-refractivity contribution in [2.45, 2.75) is 32.1 Å². The molecule has 2 aromatic carbocycles. The Labute approximate surface area is 134 Å². The topological polar surface area (TPSA) is 72.2 Å². The minimum atomic E-state index is -0.549. The second kappa shape index (κ2) is 5.50. The lowest BCUT2D eigenvalue weighted by Crippen LogP contribution is -2.28. The van der Waals surface area contributed by atoms with Crippen LogP contribution in [0.2, 0.25) is 0 Å². The summed E-state index contributed by atoms with van der Waals surface area (Å²) in [6.07, 6.45) is 1.53. The fourth-order valence-corrected chi connectivity index (χ4v) is 2.87. The second-order valence-electron chi connectivity index (χ2n) is 6.16. The van der Waals surface area contributed by atoms with E-state index in [0.717, 1.165) is 35.2 Å². The van der Waals surface area contributed by atoms with E-state index in [1.54, 1.807) is 12.1 Å². The first-order valence-electron chi connectivity index (χ1n) is 7.56. The number of carbonyl (C=O) groups excluding carboxylic acids is 1. The molecular formula is C18H18N2O3. The Morgan fingerprint density at radius 3 is 2.30 bits per heavy atom. The van der Waals surface area contributed by atoms with E-state index in [4.69, 9.17) is 0 Å². The number of hydrogen-bond donors (Lipinski definition) is 1. The van der Waals surface area contributed by atoms with E-state index in [1.807, 2.05) is 32.0 Å². The first-order chi connectivity index (χ1) is 10.9. The van der Waals surface area contributed by atoms with Gasteiger partial charge in [-0.2, -0.15) is 0 Å². The molecule has 0 spiro atoms. The van der Waals surface area contributed by atoms with Gasteiger partial charge < -0.3 is 5.32 Å². The van der Waals surface area contributed by atoms with Crippen molar-refractivity contribution in [3.63, 3.8) is 0 Å². The smallest absolute Gasteiger partial charge is 0.269 e. The van der Waals surface area contributed by atoms with Gasteiger partial charge in [0, 0.05) is 17.8 Å². The normalized spacial score (nSPS) is 15.0. The summed E-state index contributed by atoms with van der Waals surface area (Å²) >= 11 is 0. The number of amides is 1. The molecule has 1 amide bonds. The molecule has 1 aliphatic carbocycles. The van der Waals surface area contributed by atoms with Gasteiger partial charge in [-0.25, -0.2) is 0 Å². The molecule has 0 heterocycles. The van der Waals surface area contributed by atoms with Crippen LogP contribution in [0.15, 0.2) is 42.5 Å². The van der Waals surface area contributed by atoms with Crippen LogP contribution >= 0.6 is 0 Å². The molecule has 0 saturated heterocycles. The number of nitro groups is 1. The number of aryl methyl sites for hydroxylation is 2. The third kappa shape index (κ3) is 2.82. The third-order valence-electron chi connectivity index (χ3n) is 4.45. The molecule has 118 valence electrons. The Kier molecular flexibility index (Phi) is 3.64. The quantitative estimate of drug-likeness (QED) is 0.688. The second-order valence-corrected chi connectivity index (χ2v) is 6.16. The van der Waals surface area contributed by atoms with Crippen LogP contribution in [0.1, 0.15) is 29.5 Å². The van der Waals surface area contributed by atoms with Gasteiger partial charge in [0.2, 0.25) is 5.91 Å². The lowest BCUT2D eigenvalue weighted by atomic mass is 9.94. The maximum absolute atomic E-state index is 12.7. The average Bonchev–Trinajstić information content (AvgIpc) is 3.32. The Hall–Kier alpha value is -2.69. The molecule has 0 atom stereocenters. The van der Waals surface area contributed by atoms with Crippen molar-refractivity contribution < 1.29 is 9.72 Å². The van der Waals surface area contributed by atoms with Crippen molar-refractivity contribution in [1.82, 2.24) is 0 Å². The molecule has 1 aliphatic rings. The van der Waals surface area contributed by atoms with E-state index in [-0.39, 0.29) is 11.6 Å². The van der Waals surface area contributed by atoms with Crippen molar-refractivity contribution in [1.29, 1.82) is 0 Å². The highest BCUT2D eigenvalue weighted by atomic mass is 16.6. The molecule has 1 saturated carbocycles. The zero-order valence-electron chi connectivity index (χ0n) is 13.1. The van der Waals surface area contributed by atoms with Crippen molar-refractivity contribution >= 4 is 17.3 Å². The molecule has 3 rings (SSSR count). The highest BCUT2D eigenvalue weighted by molar-refractivity contribution is 6.01. The summed E-state index contributed by atoms with van der Waals surface area (Å²) in [7, 11) is 0. The number of non-ortho nitro benzene ring substituents is 1. The maximum Gasteiger partial charge on any atom is 0.269 e. The minimum Gasteiger partial charge on any atom is -0.325 e. The lowest BCUT2D eigenvalue weighted by Gasteiger charge is -2.17. The summed E-state index contributed by atoms with van der Waals surface area (Å²) < 4.78 is 0. The fourth-order valence-electron chi connectivity index (χ4n) is 2.87. The predicted molar refractivity (Wildman–Crippen MR) is 88.6 cm³/mol. The first kappa shape index (κ1) is 15.2. The van der Waals surface area contributed by atoms with Gasteiger partial charge in [-0.05, 0) is 43.9 Å². The number of carbonyl (C=O) groups is 1. The molecule has 0 unspecified atom stereocenters. The summed E-state index contributed by atoms with van der Waals surface area (Å²) in [5, 5.41) is 13.7. The summed E-state index contributed by atoms with van der Waals surface area (Å²) in [5.41, 5.74) is 3.32. The number of rotatable bonds is 4. The molecule has 1 N–H and O–H groups in total. The van der Waals surface area contributed by atoms with Gasteiger partial charge in [0.1, 0.15) is 0 Å². The zero-order chi connectivity index (χ0) is 16.6. The molecule has 23 heavy (non-hydrogen) atoms. The average molecular weight is 310 g/mol. The largest absolute Gasteiger partial charge is 0.325 e. The molecule has 1 fully saturated rings. The number of anilines is 1. The number of nitro benzene ring substituents is 1. The standard InChI is InChI=1S/C18H18N2O3/c1-12-3-8-16(13(2)11-12)19-17(21)18(9-10-18)14-4-6-15(7-5-14)20(22)23/h3-8,11H,9-10H2,1-2H3,(H,19,21). The summed E-state index contributed by atoms with van der Waals surface area (Å²) in [6, 6.07) is 12.2. The van der Waals surface area contributed by atoms with Crippen LogP contribution in [-0.4, -0.2) is 10.8 Å². The first-order valence-corrected chi connectivity index (χ1v) is 7.56. The van der Waals surface area contributed by atoms with Crippen LogP contribution in [-0.2, 0) is 10.2 Å². The van der Waals surface area contributed by atoms with E-state index in [1.165, 1.54) is 12.1 Å². The number of nitrogens with one attached hydrogen (secondary N) is 1. The third-order valence-corrected chi connectivity index (χ3v) is 4.45. The Morgan fingerprint density at radius 1 is 1.13 bits per heavy atom. The monoisotopic (exact) mass is 310 g/mol. The lowest BCUT2D eigenvalue weighted by molar-refractivity contribution is -0.384. The van der Waals surface area contributed by atoms with Gasteiger partial charge in [-0.15, -0.1) is 0 Å². The van der Waals surface area contributed by atoms with Crippen LogP contribution in [0.3, 0.4) is 0 Å². The summed E-state index contributed by atoms with van der Waals surface area (Å²) in [4.78, 5) is 23.0. The van der Waals surface area contributed by atoms with E-state index in [9.17, 15) is 14.9 Å². The maximum atomic E-state index is 12.7. The number of nitrogens with zero attached hydrogens (tertiary/aromatic N) is 1. The Balaban J connectivity index is 1.82. The van der Waals surface area contributed by atoms with Crippen LogP contribution in [0, 0.1) is 24.0 Å². The molecule has 2 aromatic rings. The van der Waals surface area contributed by atoms with Crippen LogP contribution < -0.4 is 5.32 Å². The fraction of sp³-hybridized carbons (Fsp3) is 0.278. The van der Waals surface area contributed by atoms with E-state index in [2.05, 4.69) is 5.32 Å². The SMILES string of the molecule is Cc1ccc(NC(=O)C2(c3ccc([N+](=O)[O-])cc3)CC2)c(C)c1.